The molecule has 0 saturated heterocycles. The molecule has 1 spiro atoms. The normalized spacial score (nSPS) is 20.2. The van der Waals surface area contributed by atoms with Crippen LogP contribution < -0.4 is 5.32 Å². The van der Waals surface area contributed by atoms with Crippen LogP contribution in [-0.2, 0) is 16.1 Å². The first-order valence-electron chi connectivity index (χ1n) is 8.26. The van der Waals surface area contributed by atoms with Crippen molar-refractivity contribution in [3.05, 3.63) is 35.9 Å². The molecule has 0 unspecified atom stereocenters. The van der Waals surface area contributed by atoms with E-state index in [1.807, 2.05) is 30.3 Å². The number of aliphatic carboxylic acids is 1. The molecule has 23 heavy (non-hydrogen) atoms. The van der Waals surface area contributed by atoms with Crippen LogP contribution in [0.1, 0.15) is 44.1 Å². The summed E-state index contributed by atoms with van der Waals surface area (Å²) in [6.45, 7) is 0.144. The van der Waals surface area contributed by atoms with E-state index < -0.39 is 18.1 Å². The van der Waals surface area contributed by atoms with Crippen molar-refractivity contribution in [2.45, 2.75) is 51.2 Å². The second-order valence-electron chi connectivity index (χ2n) is 6.96. The molecular weight excluding hydrogens is 294 g/mol. The van der Waals surface area contributed by atoms with Gasteiger partial charge < -0.3 is 15.2 Å². The van der Waals surface area contributed by atoms with Crippen molar-refractivity contribution in [3.63, 3.8) is 0 Å². The number of rotatable bonds is 6. The Hall–Kier alpha value is -2.04. The molecule has 1 atom stereocenters. The van der Waals surface area contributed by atoms with E-state index >= 15 is 0 Å². The molecule has 2 N–H and O–H groups in total. The third kappa shape index (κ3) is 3.84. The first kappa shape index (κ1) is 15.8. The second kappa shape index (κ2) is 6.60. The number of alkyl carbamates (subject to hydrolysis) is 1. The van der Waals surface area contributed by atoms with Gasteiger partial charge in [0.05, 0.1) is 0 Å². The Morgan fingerprint density at radius 3 is 2.52 bits per heavy atom. The molecule has 3 rings (SSSR count). The van der Waals surface area contributed by atoms with E-state index in [-0.39, 0.29) is 6.61 Å². The van der Waals surface area contributed by atoms with Crippen LogP contribution in [0, 0.1) is 11.3 Å². The van der Waals surface area contributed by atoms with Gasteiger partial charge in [-0.15, -0.1) is 0 Å². The topological polar surface area (TPSA) is 75.6 Å². The van der Waals surface area contributed by atoms with Gasteiger partial charge in [-0.3, -0.25) is 0 Å². The molecule has 5 heteroatoms. The van der Waals surface area contributed by atoms with Crippen LogP contribution in [0.2, 0.25) is 0 Å². The minimum absolute atomic E-state index is 0.144. The minimum Gasteiger partial charge on any atom is -0.480 e. The molecule has 2 fully saturated rings. The first-order valence-corrected chi connectivity index (χ1v) is 8.26. The fourth-order valence-electron chi connectivity index (χ4n) is 3.88. The lowest BCUT2D eigenvalue weighted by Crippen LogP contribution is -2.48. The lowest BCUT2D eigenvalue weighted by molar-refractivity contribution is -0.141. The van der Waals surface area contributed by atoms with Crippen LogP contribution in [0.25, 0.3) is 0 Å². The Kier molecular flexibility index (Phi) is 4.55. The summed E-state index contributed by atoms with van der Waals surface area (Å²) >= 11 is 0. The molecule has 0 radical (unpaired) electrons. The molecule has 0 bridgehead atoms. The second-order valence-corrected chi connectivity index (χ2v) is 6.96. The Balaban J connectivity index is 1.43. The molecule has 2 aliphatic carbocycles. The van der Waals surface area contributed by atoms with Gasteiger partial charge in [0.1, 0.15) is 12.6 Å². The van der Waals surface area contributed by atoms with Gasteiger partial charge in [0.25, 0.3) is 0 Å². The van der Waals surface area contributed by atoms with Crippen molar-refractivity contribution in [3.8, 4) is 0 Å². The fourth-order valence-corrected chi connectivity index (χ4v) is 3.88. The van der Waals surface area contributed by atoms with Crippen molar-refractivity contribution in [1.82, 2.24) is 5.32 Å². The average molecular weight is 317 g/mol. The summed E-state index contributed by atoms with van der Waals surface area (Å²) in [6.07, 6.45) is 5.92. The van der Waals surface area contributed by atoms with E-state index in [0.29, 0.717) is 17.8 Å². The minimum atomic E-state index is -0.990. The molecule has 0 aromatic heterocycles. The van der Waals surface area contributed by atoms with Crippen LogP contribution in [-0.4, -0.2) is 23.2 Å². The maximum absolute atomic E-state index is 11.8. The van der Waals surface area contributed by atoms with Gasteiger partial charge in [0.2, 0.25) is 0 Å². The van der Waals surface area contributed by atoms with Crippen LogP contribution in [0.3, 0.4) is 0 Å². The number of ether oxygens (including phenoxy) is 1. The lowest BCUT2D eigenvalue weighted by Gasteiger charge is -2.54. The molecule has 1 aromatic rings. The highest BCUT2D eigenvalue weighted by molar-refractivity contribution is 5.79. The molecule has 0 heterocycles. The summed E-state index contributed by atoms with van der Waals surface area (Å²) in [5, 5.41) is 11.8. The van der Waals surface area contributed by atoms with Crippen LogP contribution >= 0.6 is 0 Å². The van der Waals surface area contributed by atoms with Crippen molar-refractivity contribution in [2.75, 3.05) is 0 Å². The predicted molar refractivity (Wildman–Crippen MR) is 84.8 cm³/mol. The van der Waals surface area contributed by atoms with Crippen LogP contribution in [0.5, 0.6) is 0 Å². The molecule has 5 nitrogen and oxygen atoms in total. The first-order chi connectivity index (χ1) is 11.1. The van der Waals surface area contributed by atoms with Gasteiger partial charge >= 0.3 is 12.1 Å². The molecule has 1 amide bonds. The van der Waals surface area contributed by atoms with E-state index in [0.717, 1.165) is 18.4 Å². The third-order valence-electron chi connectivity index (χ3n) is 5.23. The van der Waals surface area contributed by atoms with Crippen molar-refractivity contribution < 1.29 is 19.4 Å². The smallest absolute Gasteiger partial charge is 0.408 e. The Morgan fingerprint density at radius 1 is 1.26 bits per heavy atom. The van der Waals surface area contributed by atoms with Gasteiger partial charge in [-0.05, 0) is 49.0 Å². The van der Waals surface area contributed by atoms with Gasteiger partial charge in [0.15, 0.2) is 0 Å². The molecule has 1 aromatic carbocycles. The average Bonchev–Trinajstić information content (AvgIpc) is 2.46. The lowest BCUT2D eigenvalue weighted by atomic mass is 9.51. The van der Waals surface area contributed by atoms with Gasteiger partial charge in [-0.25, -0.2) is 9.59 Å². The van der Waals surface area contributed by atoms with E-state index in [2.05, 4.69) is 5.32 Å². The van der Waals surface area contributed by atoms with Crippen molar-refractivity contribution >= 4 is 12.1 Å². The summed E-state index contributed by atoms with van der Waals surface area (Å²) in [5.41, 5.74) is 1.39. The number of amides is 1. The molecular formula is C18H23NO4. The number of benzene rings is 1. The molecule has 2 saturated carbocycles. The van der Waals surface area contributed by atoms with Crippen LogP contribution in [0.15, 0.2) is 30.3 Å². The SMILES string of the molecule is O=C(N[C@H](CC1CC2(CCC2)C1)C(=O)O)OCc1ccccc1. The maximum atomic E-state index is 11.8. The van der Waals surface area contributed by atoms with Crippen LogP contribution in [0.4, 0.5) is 4.79 Å². The van der Waals surface area contributed by atoms with Gasteiger partial charge in [0, 0.05) is 0 Å². The maximum Gasteiger partial charge on any atom is 0.408 e. The number of carbonyl (C=O) groups is 2. The van der Waals surface area contributed by atoms with E-state index in [9.17, 15) is 14.7 Å². The monoisotopic (exact) mass is 317 g/mol. The highest BCUT2D eigenvalue weighted by Gasteiger charge is 2.48. The van der Waals surface area contributed by atoms with Crippen molar-refractivity contribution in [2.24, 2.45) is 11.3 Å². The zero-order valence-corrected chi connectivity index (χ0v) is 13.2. The number of nitrogens with one attached hydrogen (secondary N) is 1. The van der Waals surface area contributed by atoms with E-state index in [4.69, 9.17) is 4.74 Å². The Labute approximate surface area is 136 Å². The third-order valence-corrected chi connectivity index (χ3v) is 5.23. The summed E-state index contributed by atoms with van der Waals surface area (Å²) in [5.74, 6) is -0.581. The Morgan fingerprint density at radius 2 is 1.96 bits per heavy atom. The summed E-state index contributed by atoms with van der Waals surface area (Å²) in [6, 6.07) is 8.47. The van der Waals surface area contributed by atoms with Gasteiger partial charge in [-0.1, -0.05) is 36.8 Å². The molecule has 0 aliphatic heterocycles. The van der Waals surface area contributed by atoms with E-state index in [1.54, 1.807) is 0 Å². The van der Waals surface area contributed by atoms with Crippen molar-refractivity contribution in [1.29, 1.82) is 0 Å². The summed E-state index contributed by atoms with van der Waals surface area (Å²) < 4.78 is 5.10. The number of carboxylic acid groups (broad SMARTS) is 1. The summed E-state index contributed by atoms with van der Waals surface area (Å²) in [4.78, 5) is 23.2. The Bertz CT molecular complexity index is 560. The number of hydrogen-bond acceptors (Lipinski definition) is 3. The van der Waals surface area contributed by atoms with E-state index in [1.165, 1.54) is 19.3 Å². The fraction of sp³-hybridized carbons (Fsp3) is 0.556. The molecule has 124 valence electrons. The van der Waals surface area contributed by atoms with Gasteiger partial charge in [-0.2, -0.15) is 0 Å². The predicted octanol–water partition coefficient (Wildman–Crippen LogP) is 3.34. The number of carboxylic acids is 1. The number of hydrogen-bond donors (Lipinski definition) is 2. The highest BCUT2D eigenvalue weighted by atomic mass is 16.5. The zero-order valence-electron chi connectivity index (χ0n) is 13.2. The largest absolute Gasteiger partial charge is 0.480 e. The zero-order chi connectivity index (χ0) is 16.3. The quantitative estimate of drug-likeness (QED) is 0.844. The standard InChI is InChI=1S/C18H23NO4/c20-16(21)15(9-14-10-18(11-14)7-4-8-18)19-17(22)23-12-13-5-2-1-3-6-13/h1-3,5-6,14-15H,4,7-12H2,(H,19,22)(H,20,21)/t15-/m1/s1. The number of carbonyl (C=O) groups excluding carboxylic acids is 1. The summed E-state index contributed by atoms with van der Waals surface area (Å²) in [7, 11) is 0. The molecule has 2 aliphatic rings. The highest BCUT2D eigenvalue weighted by Crippen LogP contribution is 2.59.